The van der Waals surface area contributed by atoms with Gasteiger partial charge in [-0.2, -0.15) is 0 Å². The Balaban J connectivity index is 2.35. The zero-order valence-electron chi connectivity index (χ0n) is 10.7. The molecule has 1 unspecified atom stereocenters. The summed E-state index contributed by atoms with van der Waals surface area (Å²) in [5.41, 5.74) is 0. The normalized spacial score (nSPS) is 36.8. The van der Waals surface area contributed by atoms with Gasteiger partial charge in [0.2, 0.25) is 0 Å². The second-order valence-corrected chi connectivity index (χ2v) is 4.63. The fourth-order valence-corrected chi connectivity index (χ4v) is 1.93. The molecule has 6 heteroatoms. The van der Waals surface area contributed by atoms with Crippen LogP contribution in [0.2, 0.25) is 0 Å². The van der Waals surface area contributed by atoms with Crippen molar-refractivity contribution < 1.29 is 29.9 Å². The standard InChI is InChI=1S/C12H24O6/c1-2-3-4-5-6-17-12-11(16)10(15)9(14)8(7-13)18-12/h8-16H,2-7H2,1H3/t8-,9-,10+,11-,12?/m1/s1. The lowest BCUT2D eigenvalue weighted by Gasteiger charge is -2.39. The minimum absolute atomic E-state index is 0.419. The quantitative estimate of drug-likeness (QED) is 0.458. The first kappa shape index (κ1) is 15.8. The summed E-state index contributed by atoms with van der Waals surface area (Å²) in [6, 6.07) is 0. The van der Waals surface area contributed by atoms with Crippen LogP contribution in [0.3, 0.4) is 0 Å². The van der Waals surface area contributed by atoms with Crippen molar-refractivity contribution in [1.29, 1.82) is 0 Å². The van der Waals surface area contributed by atoms with Gasteiger partial charge in [-0.25, -0.2) is 0 Å². The molecule has 1 saturated heterocycles. The molecule has 0 saturated carbocycles. The number of unbranched alkanes of at least 4 members (excludes halogenated alkanes) is 3. The Morgan fingerprint density at radius 1 is 1.00 bits per heavy atom. The molecule has 0 bridgehead atoms. The summed E-state index contributed by atoms with van der Waals surface area (Å²) in [7, 11) is 0. The molecule has 0 spiro atoms. The summed E-state index contributed by atoms with van der Waals surface area (Å²) < 4.78 is 10.5. The Labute approximate surface area is 107 Å². The van der Waals surface area contributed by atoms with Gasteiger partial charge in [0.15, 0.2) is 6.29 Å². The Kier molecular flexibility index (Phi) is 7.06. The van der Waals surface area contributed by atoms with Crippen LogP contribution >= 0.6 is 0 Å². The predicted octanol–water partition coefficient (Wildman–Crippen LogP) is -0.617. The van der Waals surface area contributed by atoms with Crippen LogP contribution in [-0.4, -0.2) is 64.3 Å². The van der Waals surface area contributed by atoms with Crippen LogP contribution in [-0.2, 0) is 9.47 Å². The largest absolute Gasteiger partial charge is 0.394 e. The Hall–Kier alpha value is -0.240. The molecule has 1 rings (SSSR count). The van der Waals surface area contributed by atoms with Crippen molar-refractivity contribution in [2.45, 2.75) is 63.3 Å². The Morgan fingerprint density at radius 3 is 2.33 bits per heavy atom. The molecular formula is C12H24O6. The van der Waals surface area contributed by atoms with Gasteiger partial charge in [0.25, 0.3) is 0 Å². The van der Waals surface area contributed by atoms with Crippen molar-refractivity contribution in [3.8, 4) is 0 Å². The minimum Gasteiger partial charge on any atom is -0.394 e. The number of ether oxygens (including phenoxy) is 2. The van der Waals surface area contributed by atoms with Gasteiger partial charge in [-0.15, -0.1) is 0 Å². The monoisotopic (exact) mass is 264 g/mol. The van der Waals surface area contributed by atoms with Crippen molar-refractivity contribution in [2.75, 3.05) is 13.2 Å². The number of aliphatic hydroxyl groups is 4. The van der Waals surface area contributed by atoms with Gasteiger partial charge in [0.05, 0.1) is 6.61 Å². The van der Waals surface area contributed by atoms with Crippen LogP contribution in [0.25, 0.3) is 0 Å². The van der Waals surface area contributed by atoms with E-state index in [9.17, 15) is 15.3 Å². The maximum atomic E-state index is 9.68. The maximum absolute atomic E-state index is 9.68. The van der Waals surface area contributed by atoms with Gasteiger partial charge in [0, 0.05) is 6.61 Å². The maximum Gasteiger partial charge on any atom is 0.186 e. The molecule has 0 radical (unpaired) electrons. The first-order valence-electron chi connectivity index (χ1n) is 6.54. The summed E-state index contributed by atoms with van der Waals surface area (Å²) in [6.07, 6.45) is -1.75. The second-order valence-electron chi connectivity index (χ2n) is 4.63. The fraction of sp³-hybridized carbons (Fsp3) is 1.00. The lowest BCUT2D eigenvalue weighted by molar-refractivity contribution is -0.301. The lowest BCUT2D eigenvalue weighted by Crippen LogP contribution is -2.59. The van der Waals surface area contributed by atoms with Gasteiger partial charge < -0.3 is 29.9 Å². The molecule has 1 aliphatic rings. The molecular weight excluding hydrogens is 240 g/mol. The molecule has 0 aromatic carbocycles. The number of hydrogen-bond donors (Lipinski definition) is 4. The van der Waals surface area contributed by atoms with E-state index in [0.717, 1.165) is 25.7 Å². The molecule has 18 heavy (non-hydrogen) atoms. The van der Waals surface area contributed by atoms with E-state index in [1.807, 2.05) is 0 Å². The van der Waals surface area contributed by atoms with Gasteiger partial charge in [-0.3, -0.25) is 0 Å². The molecule has 4 N–H and O–H groups in total. The van der Waals surface area contributed by atoms with E-state index in [1.54, 1.807) is 0 Å². The smallest absolute Gasteiger partial charge is 0.186 e. The second kappa shape index (κ2) is 8.04. The number of rotatable bonds is 7. The highest BCUT2D eigenvalue weighted by Gasteiger charge is 2.43. The van der Waals surface area contributed by atoms with Crippen LogP contribution < -0.4 is 0 Å². The molecule has 0 aliphatic carbocycles. The highest BCUT2D eigenvalue weighted by Crippen LogP contribution is 2.22. The summed E-state index contributed by atoms with van der Waals surface area (Å²) in [5.74, 6) is 0. The van der Waals surface area contributed by atoms with E-state index in [1.165, 1.54) is 0 Å². The summed E-state index contributed by atoms with van der Waals surface area (Å²) in [4.78, 5) is 0. The predicted molar refractivity (Wildman–Crippen MR) is 63.9 cm³/mol. The first-order valence-corrected chi connectivity index (χ1v) is 6.54. The zero-order valence-corrected chi connectivity index (χ0v) is 10.7. The van der Waals surface area contributed by atoms with E-state index in [-0.39, 0.29) is 0 Å². The molecule has 1 heterocycles. The molecule has 1 fully saturated rings. The topological polar surface area (TPSA) is 99.4 Å². The Bertz CT molecular complexity index is 223. The highest BCUT2D eigenvalue weighted by molar-refractivity contribution is 4.88. The fourth-order valence-electron chi connectivity index (χ4n) is 1.93. The average molecular weight is 264 g/mol. The number of aliphatic hydroxyl groups excluding tert-OH is 4. The van der Waals surface area contributed by atoms with Gasteiger partial charge >= 0.3 is 0 Å². The minimum atomic E-state index is -1.36. The van der Waals surface area contributed by atoms with Crippen LogP contribution in [0.1, 0.15) is 32.6 Å². The van der Waals surface area contributed by atoms with Crippen molar-refractivity contribution in [1.82, 2.24) is 0 Å². The third kappa shape index (κ3) is 4.15. The third-order valence-corrected chi connectivity index (χ3v) is 3.13. The van der Waals surface area contributed by atoms with Crippen molar-refractivity contribution in [2.24, 2.45) is 0 Å². The highest BCUT2D eigenvalue weighted by atomic mass is 16.7. The van der Waals surface area contributed by atoms with Crippen LogP contribution in [0.5, 0.6) is 0 Å². The lowest BCUT2D eigenvalue weighted by atomic mass is 9.99. The van der Waals surface area contributed by atoms with Gasteiger partial charge in [0.1, 0.15) is 24.4 Å². The van der Waals surface area contributed by atoms with Gasteiger partial charge in [-0.05, 0) is 6.42 Å². The molecule has 5 atom stereocenters. The third-order valence-electron chi connectivity index (χ3n) is 3.13. The molecule has 108 valence electrons. The van der Waals surface area contributed by atoms with Crippen molar-refractivity contribution >= 4 is 0 Å². The molecule has 0 aromatic rings. The van der Waals surface area contributed by atoms with Crippen molar-refractivity contribution in [3.05, 3.63) is 0 Å². The summed E-state index contributed by atoms with van der Waals surface area (Å²) in [5, 5.41) is 37.8. The van der Waals surface area contributed by atoms with Gasteiger partial charge in [-0.1, -0.05) is 26.2 Å². The van der Waals surface area contributed by atoms with Crippen LogP contribution in [0.4, 0.5) is 0 Å². The first-order chi connectivity index (χ1) is 8.61. The average Bonchev–Trinajstić information content (AvgIpc) is 2.38. The molecule has 1 aliphatic heterocycles. The Morgan fingerprint density at radius 2 is 1.72 bits per heavy atom. The van der Waals surface area contributed by atoms with E-state index < -0.39 is 37.3 Å². The van der Waals surface area contributed by atoms with E-state index >= 15 is 0 Å². The van der Waals surface area contributed by atoms with Crippen LogP contribution in [0, 0.1) is 0 Å². The van der Waals surface area contributed by atoms with Crippen molar-refractivity contribution in [3.63, 3.8) is 0 Å². The van der Waals surface area contributed by atoms with Crippen LogP contribution in [0.15, 0.2) is 0 Å². The molecule has 0 aromatic heterocycles. The zero-order chi connectivity index (χ0) is 13.5. The van der Waals surface area contributed by atoms with E-state index in [4.69, 9.17) is 14.6 Å². The molecule has 0 amide bonds. The van der Waals surface area contributed by atoms with E-state index in [0.29, 0.717) is 6.61 Å². The SMILES string of the molecule is CCCCCCOC1O[C@H](CO)[C@@H](O)[C@H](O)[C@H]1O. The van der Waals surface area contributed by atoms with E-state index in [2.05, 4.69) is 6.92 Å². The molecule has 6 nitrogen and oxygen atoms in total. The summed E-state index contributed by atoms with van der Waals surface area (Å²) >= 11 is 0. The number of hydrogen-bond acceptors (Lipinski definition) is 6. The summed E-state index contributed by atoms with van der Waals surface area (Å²) in [6.45, 7) is 2.10.